The Morgan fingerprint density at radius 3 is 1.02 bits per heavy atom. The van der Waals surface area contributed by atoms with Crippen LogP contribution in [0.2, 0.25) is 0 Å². The van der Waals surface area contributed by atoms with Gasteiger partial charge in [-0.25, -0.2) is 38.4 Å². The number of aliphatic hydroxyl groups excluding tert-OH is 1. The summed E-state index contributed by atoms with van der Waals surface area (Å²) >= 11 is 0. The minimum Gasteiger partial charge on any atom is -0.480 e. The lowest BCUT2D eigenvalue weighted by Crippen LogP contribution is -2.47. The van der Waals surface area contributed by atoms with Crippen LogP contribution in [0, 0.1) is 0 Å². The molecule has 0 radical (unpaired) electrons. The third kappa shape index (κ3) is 44.4. The fourth-order valence-corrected chi connectivity index (χ4v) is 6.71. The van der Waals surface area contributed by atoms with E-state index in [2.05, 4.69) is 16.0 Å². The molecule has 0 saturated heterocycles. The summed E-state index contributed by atoms with van der Waals surface area (Å²) in [6.45, 7) is 20.5. The maximum atomic E-state index is 12.5. The number of carboxylic acids is 3. The largest absolute Gasteiger partial charge is 0.480 e. The molecule has 0 fully saturated rings. The molecule has 4 rings (SSSR count). The number of esters is 1. The van der Waals surface area contributed by atoms with E-state index in [1.807, 2.05) is 151 Å². The Morgan fingerprint density at radius 2 is 0.696 bits per heavy atom. The Hall–Kier alpha value is -9.10. The quantitative estimate of drug-likeness (QED) is 0.0149. The van der Waals surface area contributed by atoms with Crippen LogP contribution in [0.5, 0.6) is 0 Å². The molecule has 0 saturated carbocycles. The molecule has 4 aromatic rings. The molecule has 24 heteroatoms. The van der Waals surface area contributed by atoms with Crippen LogP contribution in [0.1, 0.15) is 112 Å². The molecule has 0 aliphatic carbocycles. The third-order valence-electron chi connectivity index (χ3n) is 10.7. The first kappa shape index (κ1) is 80.9. The summed E-state index contributed by atoms with van der Waals surface area (Å²) < 4.78 is 41.6. The minimum absolute atomic E-state index is 0.0421. The molecular formula is C68H94N4O20. The molecule has 0 aromatic heterocycles. The van der Waals surface area contributed by atoms with E-state index in [1.54, 1.807) is 95.2 Å². The fraction of sp³-hybridized carbons (Fsp3) is 0.441. The van der Waals surface area contributed by atoms with Gasteiger partial charge in [0.05, 0.1) is 39.6 Å². The summed E-state index contributed by atoms with van der Waals surface area (Å²) in [4.78, 5) is 91.5. The van der Waals surface area contributed by atoms with Gasteiger partial charge in [0.1, 0.15) is 29.0 Å². The van der Waals surface area contributed by atoms with Crippen LogP contribution in [0.4, 0.5) is 19.2 Å². The van der Waals surface area contributed by atoms with Crippen LogP contribution in [0.3, 0.4) is 0 Å². The van der Waals surface area contributed by atoms with Crippen molar-refractivity contribution in [2.75, 3.05) is 52.9 Å². The standard InChI is InChI=1S/C26H31NO5.C17H25NO5.C17H23NO5.C8H15NO5/c1-26(2,3)32-25(29)27-23(20-30-18-10-16-21-12-6-4-7-13-21)24(28)31-19-11-17-22-14-8-5-9-15-22;2*1-17(2,3)23-16(21)18-14(15(19)20)12-22-11-7-10-13-8-5-4-6-9-13;1-8(2,3)14-7(13)9-5(4-10)6(11)12/h4-17,23H,18-20H2,1-3H3,(H,27,29);4-6,8-9,14H,7,10-12H2,1-3H3,(H,18,21)(H,19,20);4-10,14H,11-12H2,1-3H3,(H,18,21)(H,19,20);5,10H,4H2,1-3H3,(H,9,13)(H,11,12)/b16-10+,17-11+;;10-7+;. The first-order valence-corrected chi connectivity index (χ1v) is 29.5. The van der Waals surface area contributed by atoms with Gasteiger partial charge in [0.25, 0.3) is 0 Å². The van der Waals surface area contributed by atoms with Crippen molar-refractivity contribution in [2.24, 2.45) is 0 Å². The van der Waals surface area contributed by atoms with Crippen molar-refractivity contribution in [1.29, 1.82) is 0 Å². The maximum absolute atomic E-state index is 12.5. The fourth-order valence-electron chi connectivity index (χ4n) is 6.71. The van der Waals surface area contributed by atoms with Gasteiger partial charge in [0.2, 0.25) is 0 Å². The Labute approximate surface area is 539 Å². The van der Waals surface area contributed by atoms with E-state index < -0.39 is 101 Å². The Kier molecular flexibility index (Phi) is 38.3. The molecule has 4 amide bonds. The lowest BCUT2D eigenvalue weighted by molar-refractivity contribution is -0.146. The number of carbonyl (C=O) groups excluding carboxylic acids is 5. The first-order valence-electron chi connectivity index (χ1n) is 29.5. The molecule has 24 nitrogen and oxygen atoms in total. The van der Waals surface area contributed by atoms with Crippen molar-refractivity contribution in [2.45, 2.75) is 142 Å². The van der Waals surface area contributed by atoms with Gasteiger partial charge in [-0.3, -0.25) is 0 Å². The van der Waals surface area contributed by atoms with E-state index in [0.717, 1.165) is 29.5 Å². The number of rotatable bonds is 28. The number of nitrogens with one attached hydrogen (secondary N) is 4. The Morgan fingerprint density at radius 1 is 0.402 bits per heavy atom. The highest BCUT2D eigenvalue weighted by Crippen LogP contribution is 2.12. The smallest absolute Gasteiger partial charge is 0.408 e. The van der Waals surface area contributed by atoms with Gasteiger partial charge in [0, 0.05) is 6.61 Å². The molecule has 4 aromatic carbocycles. The zero-order valence-electron chi connectivity index (χ0n) is 54.7. The van der Waals surface area contributed by atoms with Crippen molar-refractivity contribution >= 4 is 66.5 Å². The van der Waals surface area contributed by atoms with Gasteiger partial charge in [-0.2, -0.15) is 0 Å². The molecule has 0 aliphatic heterocycles. The summed E-state index contributed by atoms with van der Waals surface area (Å²) in [5.74, 6) is -4.24. The van der Waals surface area contributed by atoms with Crippen LogP contribution in [0.25, 0.3) is 18.2 Å². The van der Waals surface area contributed by atoms with Crippen molar-refractivity contribution in [1.82, 2.24) is 21.3 Å². The van der Waals surface area contributed by atoms with Crippen LogP contribution in [-0.2, 0) is 63.5 Å². The predicted molar refractivity (Wildman–Crippen MR) is 347 cm³/mol. The molecular weight excluding hydrogens is 1190 g/mol. The van der Waals surface area contributed by atoms with Crippen LogP contribution < -0.4 is 21.3 Å². The van der Waals surface area contributed by atoms with Crippen molar-refractivity contribution in [3.63, 3.8) is 0 Å². The number of carbonyl (C=O) groups is 8. The number of ether oxygens (including phenoxy) is 8. The zero-order valence-corrected chi connectivity index (χ0v) is 54.7. The van der Waals surface area contributed by atoms with Gasteiger partial charge in [-0.05, 0) is 124 Å². The Bertz CT molecular complexity index is 2880. The second-order valence-corrected chi connectivity index (χ2v) is 23.8. The molecule has 4 atom stereocenters. The monoisotopic (exact) mass is 1290 g/mol. The Balaban J connectivity index is 0.000000636. The van der Waals surface area contributed by atoms with E-state index in [1.165, 1.54) is 5.56 Å². The lowest BCUT2D eigenvalue weighted by Gasteiger charge is -2.22. The SMILES string of the molecule is CC(C)(C)OC(=O)NC(CO)C(=O)O.CC(C)(C)OC(=O)NC(COC/C=C/c1ccccc1)C(=O)O.CC(C)(C)OC(=O)NC(COC/C=C/c1ccccc1)C(=O)OC/C=C/c1ccccc1.CC(C)(C)OC(=O)NC(COCCCc1ccccc1)C(=O)O. The van der Waals surface area contributed by atoms with E-state index >= 15 is 0 Å². The summed E-state index contributed by atoms with van der Waals surface area (Å²) in [7, 11) is 0. The number of benzene rings is 4. The average Bonchev–Trinajstić information content (AvgIpc) is 3.66. The number of hydrogen-bond acceptors (Lipinski definition) is 17. The molecule has 8 N–H and O–H groups in total. The number of hydrogen-bond donors (Lipinski definition) is 8. The number of carboxylic acid groups (broad SMARTS) is 3. The molecule has 0 aliphatic rings. The lowest BCUT2D eigenvalue weighted by atomic mass is 10.1. The zero-order chi connectivity index (χ0) is 69.2. The third-order valence-corrected chi connectivity index (χ3v) is 10.7. The molecule has 0 spiro atoms. The molecule has 4 unspecified atom stereocenters. The summed E-state index contributed by atoms with van der Waals surface area (Å²) in [5.41, 5.74) is 1.54. The van der Waals surface area contributed by atoms with Gasteiger partial charge in [-0.1, -0.05) is 152 Å². The van der Waals surface area contributed by atoms with Crippen LogP contribution in [-0.4, -0.2) is 168 Å². The maximum Gasteiger partial charge on any atom is 0.408 e. The number of aliphatic carboxylic acids is 3. The van der Waals surface area contributed by atoms with E-state index in [9.17, 15) is 38.4 Å². The number of aryl methyl sites for hydroxylation is 1. The van der Waals surface area contributed by atoms with E-state index in [4.69, 9.17) is 58.3 Å². The topological polar surface area (TPSA) is 339 Å². The summed E-state index contributed by atoms with van der Waals surface area (Å²) in [5, 5.41) is 44.4. The summed E-state index contributed by atoms with van der Waals surface area (Å²) in [6.07, 6.45) is 9.53. The number of aliphatic hydroxyl groups is 1. The van der Waals surface area contributed by atoms with Crippen molar-refractivity contribution in [3.05, 3.63) is 162 Å². The number of alkyl carbamates (subject to hydrolysis) is 4. The normalized spacial score (nSPS) is 12.7. The highest BCUT2D eigenvalue weighted by Gasteiger charge is 2.28. The summed E-state index contributed by atoms with van der Waals surface area (Å²) in [6, 6.07) is 34.5. The molecule has 92 heavy (non-hydrogen) atoms. The molecule has 0 heterocycles. The van der Waals surface area contributed by atoms with Gasteiger partial charge in [-0.15, -0.1) is 0 Å². The second-order valence-electron chi connectivity index (χ2n) is 23.8. The van der Waals surface area contributed by atoms with Crippen LogP contribution >= 0.6 is 0 Å². The van der Waals surface area contributed by atoms with Crippen LogP contribution in [0.15, 0.2) is 140 Å². The number of amides is 4. The molecule has 506 valence electrons. The highest BCUT2D eigenvalue weighted by molar-refractivity contribution is 5.82. The van der Waals surface area contributed by atoms with Gasteiger partial charge >= 0.3 is 48.3 Å². The molecule has 0 bridgehead atoms. The second kappa shape index (κ2) is 43.6. The highest BCUT2D eigenvalue weighted by atomic mass is 16.6. The van der Waals surface area contributed by atoms with Gasteiger partial charge < -0.3 is 79.6 Å². The van der Waals surface area contributed by atoms with Crippen molar-refractivity contribution in [3.8, 4) is 0 Å². The van der Waals surface area contributed by atoms with E-state index in [-0.39, 0.29) is 39.6 Å². The predicted octanol–water partition coefficient (Wildman–Crippen LogP) is 10.1. The minimum atomic E-state index is -1.33. The van der Waals surface area contributed by atoms with E-state index in [0.29, 0.717) is 6.61 Å². The van der Waals surface area contributed by atoms with Gasteiger partial charge in [0.15, 0.2) is 24.2 Å². The van der Waals surface area contributed by atoms with Crippen molar-refractivity contribution < 1.29 is 96.7 Å². The first-order chi connectivity index (χ1) is 43.1. The average molecular weight is 1290 g/mol.